The minimum Gasteiger partial charge on any atom is -0.406 e. The summed E-state index contributed by atoms with van der Waals surface area (Å²) in [6.07, 6.45) is -4.96. The zero-order chi connectivity index (χ0) is 14.8. The standard InChI is InChI=1S/C10H7BrF3NO4/c1-5(11)9(16)7-3-2-6(19-10(12,13)14)4-8(7)15(17)18/h2-5H,1H3. The van der Waals surface area contributed by atoms with Crippen LogP contribution in [0.5, 0.6) is 5.75 Å². The molecular formula is C10H7BrF3NO4. The molecule has 5 nitrogen and oxygen atoms in total. The molecular weight excluding hydrogens is 335 g/mol. The molecule has 1 aromatic rings. The van der Waals surface area contributed by atoms with Crippen LogP contribution >= 0.6 is 15.9 Å². The van der Waals surface area contributed by atoms with Gasteiger partial charge < -0.3 is 4.74 Å². The van der Waals surface area contributed by atoms with Crippen molar-refractivity contribution < 1.29 is 27.6 Å². The van der Waals surface area contributed by atoms with Crippen molar-refractivity contribution in [2.24, 2.45) is 0 Å². The Morgan fingerprint density at radius 1 is 1.47 bits per heavy atom. The van der Waals surface area contributed by atoms with Gasteiger partial charge in [-0.3, -0.25) is 14.9 Å². The number of hydrogen-bond donors (Lipinski definition) is 0. The van der Waals surface area contributed by atoms with Gasteiger partial charge in [-0.05, 0) is 19.1 Å². The highest BCUT2D eigenvalue weighted by Gasteiger charge is 2.32. The Hall–Kier alpha value is -1.64. The third-order valence-corrected chi connectivity index (χ3v) is 2.44. The Labute approximate surface area is 113 Å². The largest absolute Gasteiger partial charge is 0.573 e. The van der Waals surface area contributed by atoms with E-state index in [0.717, 1.165) is 12.1 Å². The van der Waals surface area contributed by atoms with Crippen LogP contribution in [0.2, 0.25) is 0 Å². The highest BCUT2D eigenvalue weighted by molar-refractivity contribution is 9.10. The predicted molar refractivity (Wildman–Crippen MR) is 62.5 cm³/mol. The van der Waals surface area contributed by atoms with E-state index in [2.05, 4.69) is 20.7 Å². The monoisotopic (exact) mass is 341 g/mol. The number of carbonyl (C=O) groups is 1. The van der Waals surface area contributed by atoms with E-state index in [1.807, 2.05) is 0 Å². The summed E-state index contributed by atoms with van der Waals surface area (Å²) >= 11 is 2.94. The maximum absolute atomic E-state index is 12.0. The van der Waals surface area contributed by atoms with Crippen LogP contribution in [0.25, 0.3) is 0 Å². The van der Waals surface area contributed by atoms with Gasteiger partial charge in [0.15, 0.2) is 5.78 Å². The summed E-state index contributed by atoms with van der Waals surface area (Å²) < 4.78 is 39.5. The molecule has 0 aliphatic rings. The molecule has 19 heavy (non-hydrogen) atoms. The number of rotatable bonds is 4. The van der Waals surface area contributed by atoms with Crippen molar-refractivity contribution in [3.8, 4) is 5.75 Å². The van der Waals surface area contributed by atoms with E-state index in [1.165, 1.54) is 6.92 Å². The van der Waals surface area contributed by atoms with Crippen LogP contribution in [-0.2, 0) is 0 Å². The zero-order valence-corrected chi connectivity index (χ0v) is 11.0. The van der Waals surface area contributed by atoms with Gasteiger partial charge in [0.2, 0.25) is 0 Å². The second kappa shape index (κ2) is 5.55. The molecule has 0 bridgehead atoms. The lowest BCUT2D eigenvalue weighted by molar-refractivity contribution is -0.385. The van der Waals surface area contributed by atoms with E-state index in [-0.39, 0.29) is 5.56 Å². The van der Waals surface area contributed by atoms with Crippen LogP contribution in [-0.4, -0.2) is 21.9 Å². The van der Waals surface area contributed by atoms with E-state index < -0.39 is 33.3 Å². The van der Waals surface area contributed by atoms with Crippen LogP contribution in [0.3, 0.4) is 0 Å². The molecule has 0 amide bonds. The minimum atomic E-state index is -4.96. The van der Waals surface area contributed by atoms with Gasteiger partial charge in [-0.25, -0.2) is 0 Å². The maximum Gasteiger partial charge on any atom is 0.573 e. The highest BCUT2D eigenvalue weighted by Crippen LogP contribution is 2.30. The number of benzene rings is 1. The van der Waals surface area contributed by atoms with Crippen molar-refractivity contribution in [1.82, 2.24) is 0 Å². The Bertz CT molecular complexity index is 516. The number of nitrogens with zero attached hydrogens (tertiary/aromatic N) is 1. The number of ether oxygens (including phenoxy) is 1. The first-order valence-corrected chi connectivity index (χ1v) is 5.76. The molecule has 0 fully saturated rings. The van der Waals surface area contributed by atoms with Crippen molar-refractivity contribution in [3.63, 3.8) is 0 Å². The molecule has 104 valence electrons. The lowest BCUT2D eigenvalue weighted by Crippen LogP contribution is -2.18. The average molecular weight is 342 g/mol. The van der Waals surface area contributed by atoms with Crippen LogP contribution in [0.4, 0.5) is 18.9 Å². The molecule has 1 unspecified atom stereocenters. The second-order valence-electron chi connectivity index (χ2n) is 3.46. The molecule has 0 heterocycles. The van der Waals surface area contributed by atoms with Gasteiger partial charge in [-0.2, -0.15) is 0 Å². The van der Waals surface area contributed by atoms with Crippen LogP contribution in [0.1, 0.15) is 17.3 Å². The molecule has 0 N–H and O–H groups in total. The fraction of sp³-hybridized carbons (Fsp3) is 0.300. The lowest BCUT2D eigenvalue weighted by atomic mass is 10.1. The Balaban J connectivity index is 3.23. The average Bonchev–Trinajstić information content (AvgIpc) is 2.25. The fourth-order valence-electron chi connectivity index (χ4n) is 1.28. The minimum absolute atomic E-state index is 0.288. The molecule has 0 saturated carbocycles. The van der Waals surface area contributed by atoms with Gasteiger partial charge in [0.25, 0.3) is 5.69 Å². The van der Waals surface area contributed by atoms with Crippen LogP contribution < -0.4 is 4.74 Å². The van der Waals surface area contributed by atoms with Crippen LogP contribution in [0, 0.1) is 10.1 Å². The smallest absolute Gasteiger partial charge is 0.406 e. The van der Waals surface area contributed by atoms with Crippen molar-refractivity contribution in [3.05, 3.63) is 33.9 Å². The normalized spacial score (nSPS) is 12.9. The van der Waals surface area contributed by atoms with E-state index in [9.17, 15) is 28.1 Å². The molecule has 1 aromatic carbocycles. The number of hydrogen-bond acceptors (Lipinski definition) is 4. The zero-order valence-electron chi connectivity index (χ0n) is 9.40. The number of nitro benzene ring substituents is 1. The fourth-order valence-corrected chi connectivity index (χ4v) is 1.53. The Kier molecular flexibility index (Phi) is 4.51. The first kappa shape index (κ1) is 15.4. The molecule has 0 spiro atoms. The summed E-state index contributed by atoms with van der Waals surface area (Å²) in [7, 11) is 0. The molecule has 0 saturated heterocycles. The Morgan fingerprint density at radius 2 is 2.05 bits per heavy atom. The third kappa shape index (κ3) is 4.19. The number of nitro groups is 1. The topological polar surface area (TPSA) is 69.4 Å². The molecule has 9 heteroatoms. The summed E-state index contributed by atoms with van der Waals surface area (Å²) in [5.41, 5.74) is -1.03. The first-order chi connectivity index (χ1) is 8.61. The number of ketones is 1. The second-order valence-corrected chi connectivity index (χ2v) is 4.84. The summed E-state index contributed by atoms with van der Waals surface area (Å²) in [5.74, 6) is -1.36. The summed E-state index contributed by atoms with van der Waals surface area (Å²) in [6, 6.07) is 2.35. The van der Waals surface area contributed by atoms with Gasteiger partial charge in [0.05, 0.1) is 21.4 Å². The predicted octanol–water partition coefficient (Wildman–Crippen LogP) is 3.46. The maximum atomic E-state index is 12.0. The number of halogens is 4. The number of Topliss-reactive ketones (excluding diaryl/α,β-unsaturated/α-hetero) is 1. The quantitative estimate of drug-likeness (QED) is 0.364. The van der Waals surface area contributed by atoms with Gasteiger partial charge in [-0.1, -0.05) is 15.9 Å². The molecule has 0 aliphatic heterocycles. The van der Waals surface area contributed by atoms with Crippen molar-refractivity contribution in [1.29, 1.82) is 0 Å². The highest BCUT2D eigenvalue weighted by atomic mass is 79.9. The van der Waals surface area contributed by atoms with E-state index >= 15 is 0 Å². The van der Waals surface area contributed by atoms with Crippen molar-refractivity contribution in [2.45, 2.75) is 18.1 Å². The Morgan fingerprint density at radius 3 is 2.47 bits per heavy atom. The van der Waals surface area contributed by atoms with Gasteiger partial charge >= 0.3 is 6.36 Å². The summed E-state index contributed by atoms with van der Waals surface area (Å²) in [4.78, 5) is 20.8. The SMILES string of the molecule is CC(Br)C(=O)c1ccc(OC(F)(F)F)cc1[N+](=O)[O-]. The van der Waals surface area contributed by atoms with Gasteiger partial charge in [0, 0.05) is 0 Å². The third-order valence-electron chi connectivity index (χ3n) is 2.03. The molecule has 1 rings (SSSR count). The molecule has 1 atom stereocenters. The number of alkyl halides is 4. The lowest BCUT2D eigenvalue weighted by Gasteiger charge is -2.10. The van der Waals surface area contributed by atoms with Crippen molar-refractivity contribution in [2.75, 3.05) is 0 Å². The van der Waals surface area contributed by atoms with Crippen LogP contribution in [0.15, 0.2) is 18.2 Å². The molecule has 0 radical (unpaired) electrons. The van der Waals surface area contributed by atoms with Gasteiger partial charge in [-0.15, -0.1) is 13.2 Å². The first-order valence-electron chi connectivity index (χ1n) is 4.84. The molecule has 0 aromatic heterocycles. The van der Waals surface area contributed by atoms with E-state index in [0.29, 0.717) is 6.07 Å². The van der Waals surface area contributed by atoms with E-state index in [4.69, 9.17) is 0 Å². The number of carbonyl (C=O) groups excluding carboxylic acids is 1. The molecule has 0 aliphatic carbocycles. The summed E-state index contributed by atoms with van der Waals surface area (Å²) in [6.45, 7) is 1.45. The van der Waals surface area contributed by atoms with Gasteiger partial charge in [0.1, 0.15) is 5.75 Å². The van der Waals surface area contributed by atoms with E-state index in [1.54, 1.807) is 0 Å². The summed E-state index contributed by atoms with van der Waals surface area (Å²) in [5, 5.41) is 10.8. The van der Waals surface area contributed by atoms with Crippen molar-refractivity contribution >= 4 is 27.4 Å².